The smallest absolute Gasteiger partial charge is 0.346 e. The van der Waals surface area contributed by atoms with E-state index in [2.05, 4.69) is 48.9 Å². The van der Waals surface area contributed by atoms with E-state index in [-0.39, 0.29) is 5.56 Å². The number of hydrogen-bond acceptors (Lipinski definition) is 6. The molecule has 0 bridgehead atoms. The second kappa shape index (κ2) is 11.3. The molecule has 0 unspecified atom stereocenters. The molecule has 0 aliphatic rings. The molecular formula is C23H22Br2ClN3O4. The fourth-order valence-electron chi connectivity index (χ4n) is 3.12. The van der Waals surface area contributed by atoms with Gasteiger partial charge in [-0.1, -0.05) is 40.9 Å². The van der Waals surface area contributed by atoms with Gasteiger partial charge in [0, 0.05) is 21.5 Å². The monoisotopic (exact) mass is 597 g/mol. The van der Waals surface area contributed by atoms with Crippen molar-refractivity contribution in [3.63, 3.8) is 0 Å². The molecule has 174 valence electrons. The van der Waals surface area contributed by atoms with E-state index in [9.17, 15) is 9.59 Å². The van der Waals surface area contributed by atoms with Crippen molar-refractivity contribution in [2.24, 2.45) is 5.10 Å². The SMILES string of the molecule is CCCCc1nc2ccc(Br)cc2c(=O)n1N=Cc1cc(Cl)cc(Br)c1O[C@H](C)C(=O)OC. The van der Waals surface area contributed by atoms with Gasteiger partial charge >= 0.3 is 5.97 Å². The summed E-state index contributed by atoms with van der Waals surface area (Å²) < 4.78 is 13.2. The first-order valence-electron chi connectivity index (χ1n) is 10.2. The highest BCUT2D eigenvalue weighted by molar-refractivity contribution is 9.10. The van der Waals surface area contributed by atoms with Crippen molar-refractivity contribution >= 4 is 66.5 Å². The second-order valence-corrected chi connectivity index (χ2v) is 9.45. The van der Waals surface area contributed by atoms with E-state index in [1.54, 1.807) is 31.2 Å². The summed E-state index contributed by atoms with van der Waals surface area (Å²) in [7, 11) is 1.29. The summed E-state index contributed by atoms with van der Waals surface area (Å²) in [4.78, 5) is 29.8. The van der Waals surface area contributed by atoms with Gasteiger partial charge in [-0.3, -0.25) is 4.79 Å². The average Bonchev–Trinajstić information content (AvgIpc) is 2.78. The van der Waals surface area contributed by atoms with Gasteiger partial charge in [0.25, 0.3) is 5.56 Å². The molecule has 10 heteroatoms. The summed E-state index contributed by atoms with van der Waals surface area (Å²) >= 11 is 13.1. The van der Waals surface area contributed by atoms with E-state index in [0.717, 1.165) is 17.3 Å². The largest absolute Gasteiger partial charge is 0.477 e. The fourth-order valence-corrected chi connectivity index (χ4v) is 4.41. The van der Waals surface area contributed by atoms with Gasteiger partial charge in [-0.2, -0.15) is 9.78 Å². The van der Waals surface area contributed by atoms with E-state index in [1.165, 1.54) is 18.0 Å². The van der Waals surface area contributed by atoms with Crippen molar-refractivity contribution in [3.05, 3.63) is 66.0 Å². The van der Waals surface area contributed by atoms with Crippen LogP contribution in [0.3, 0.4) is 0 Å². The molecule has 1 atom stereocenters. The van der Waals surface area contributed by atoms with Crippen molar-refractivity contribution in [1.29, 1.82) is 0 Å². The molecule has 0 N–H and O–H groups in total. The minimum Gasteiger partial charge on any atom is -0.477 e. The summed E-state index contributed by atoms with van der Waals surface area (Å²) in [5, 5.41) is 5.33. The second-order valence-electron chi connectivity index (χ2n) is 7.24. The lowest BCUT2D eigenvalue weighted by atomic mass is 10.2. The Bertz CT molecular complexity index is 1280. The van der Waals surface area contributed by atoms with E-state index in [4.69, 9.17) is 21.1 Å². The van der Waals surface area contributed by atoms with Gasteiger partial charge < -0.3 is 9.47 Å². The Balaban J connectivity index is 2.12. The number of fused-ring (bicyclic) bond motifs is 1. The van der Waals surface area contributed by atoms with Crippen LogP contribution in [0.15, 0.2) is 49.2 Å². The summed E-state index contributed by atoms with van der Waals surface area (Å²) in [5.74, 6) is 0.377. The lowest BCUT2D eigenvalue weighted by Gasteiger charge is -2.16. The predicted octanol–water partition coefficient (Wildman–Crippen LogP) is 5.74. The molecule has 0 aliphatic carbocycles. The summed E-state index contributed by atoms with van der Waals surface area (Å²) in [6, 6.07) is 8.66. The van der Waals surface area contributed by atoms with Gasteiger partial charge in [0.1, 0.15) is 11.6 Å². The normalized spacial score (nSPS) is 12.3. The number of carbonyl (C=O) groups is 1. The van der Waals surface area contributed by atoms with E-state index in [1.807, 2.05) is 6.07 Å². The first kappa shape index (κ1) is 25.4. The number of hydrogen-bond donors (Lipinski definition) is 0. The highest BCUT2D eigenvalue weighted by atomic mass is 79.9. The zero-order chi connectivity index (χ0) is 24.1. The molecule has 2 aromatic carbocycles. The van der Waals surface area contributed by atoms with Crippen molar-refractivity contribution in [3.8, 4) is 5.75 Å². The number of aryl methyl sites for hydroxylation is 1. The Morgan fingerprint density at radius 3 is 2.76 bits per heavy atom. The lowest BCUT2D eigenvalue weighted by molar-refractivity contribution is -0.147. The summed E-state index contributed by atoms with van der Waals surface area (Å²) in [5.41, 5.74) is 0.810. The molecule has 1 aromatic heterocycles. The molecule has 0 radical (unpaired) electrons. The maximum absolute atomic E-state index is 13.3. The standard InChI is InChI=1S/C23H22Br2ClN3O4/c1-4-5-6-20-28-19-8-7-15(24)10-17(19)22(30)29(20)27-12-14-9-16(26)11-18(25)21(14)33-13(2)23(31)32-3/h7-13H,4-6H2,1-3H3/t13-/m1/s1. The Morgan fingerprint density at radius 2 is 2.06 bits per heavy atom. The Hall–Kier alpha value is -2.23. The van der Waals surface area contributed by atoms with Gasteiger partial charge in [-0.15, -0.1) is 0 Å². The molecular weight excluding hydrogens is 578 g/mol. The molecule has 3 aromatic rings. The Labute approximate surface area is 213 Å². The van der Waals surface area contributed by atoms with Crippen LogP contribution in [0, 0.1) is 0 Å². The quantitative estimate of drug-likeness (QED) is 0.244. The van der Waals surface area contributed by atoms with Crippen LogP contribution < -0.4 is 10.3 Å². The number of unbranched alkanes of at least 4 members (excludes halogenated alkanes) is 1. The number of halogens is 3. The van der Waals surface area contributed by atoms with Crippen LogP contribution in [0.25, 0.3) is 10.9 Å². The highest BCUT2D eigenvalue weighted by Crippen LogP contribution is 2.33. The molecule has 0 amide bonds. The van der Waals surface area contributed by atoms with Crippen molar-refractivity contribution in [2.45, 2.75) is 39.2 Å². The zero-order valence-electron chi connectivity index (χ0n) is 18.3. The number of rotatable bonds is 8. The van der Waals surface area contributed by atoms with Crippen molar-refractivity contribution in [2.75, 3.05) is 7.11 Å². The molecule has 33 heavy (non-hydrogen) atoms. The zero-order valence-corrected chi connectivity index (χ0v) is 22.2. The Kier molecular flexibility index (Phi) is 8.67. The van der Waals surface area contributed by atoms with Crippen LogP contribution in [0.2, 0.25) is 5.02 Å². The topological polar surface area (TPSA) is 82.8 Å². The number of ether oxygens (including phenoxy) is 2. The summed E-state index contributed by atoms with van der Waals surface area (Å²) in [6.45, 7) is 3.64. The molecule has 0 saturated heterocycles. The van der Waals surface area contributed by atoms with E-state index < -0.39 is 12.1 Å². The third-order valence-electron chi connectivity index (χ3n) is 4.81. The molecule has 1 heterocycles. The molecule has 7 nitrogen and oxygen atoms in total. The van der Waals surface area contributed by atoms with Gasteiger partial charge in [-0.05, 0) is 59.6 Å². The first-order chi connectivity index (χ1) is 15.7. The number of carbonyl (C=O) groups excluding carboxylic acids is 1. The number of nitrogens with zero attached hydrogens (tertiary/aromatic N) is 3. The molecule has 0 aliphatic heterocycles. The third kappa shape index (κ3) is 6.02. The van der Waals surface area contributed by atoms with Crippen molar-refractivity contribution in [1.82, 2.24) is 9.66 Å². The number of esters is 1. The third-order valence-corrected chi connectivity index (χ3v) is 6.11. The predicted molar refractivity (Wildman–Crippen MR) is 137 cm³/mol. The molecule has 0 spiro atoms. The average molecular weight is 600 g/mol. The van der Waals surface area contributed by atoms with Crippen LogP contribution in [0.1, 0.15) is 38.1 Å². The number of benzene rings is 2. The Morgan fingerprint density at radius 1 is 1.30 bits per heavy atom. The highest BCUT2D eigenvalue weighted by Gasteiger charge is 2.19. The first-order valence-corrected chi connectivity index (χ1v) is 12.2. The van der Waals surface area contributed by atoms with Crippen LogP contribution in [0.5, 0.6) is 5.75 Å². The van der Waals surface area contributed by atoms with Crippen LogP contribution in [0.4, 0.5) is 0 Å². The minimum absolute atomic E-state index is 0.282. The maximum atomic E-state index is 13.3. The van der Waals surface area contributed by atoms with E-state index in [0.29, 0.717) is 44.0 Å². The van der Waals surface area contributed by atoms with Crippen LogP contribution >= 0.6 is 43.5 Å². The molecule has 3 rings (SSSR count). The number of aromatic nitrogens is 2. The van der Waals surface area contributed by atoms with Crippen molar-refractivity contribution < 1.29 is 14.3 Å². The van der Waals surface area contributed by atoms with Gasteiger partial charge in [0.15, 0.2) is 6.10 Å². The maximum Gasteiger partial charge on any atom is 0.346 e. The van der Waals surface area contributed by atoms with Gasteiger partial charge in [0.05, 0.1) is 28.7 Å². The van der Waals surface area contributed by atoms with Crippen LogP contribution in [-0.2, 0) is 16.0 Å². The molecule has 0 saturated carbocycles. The fraction of sp³-hybridized carbons (Fsp3) is 0.304. The minimum atomic E-state index is -0.859. The number of methoxy groups -OCH3 is 1. The van der Waals surface area contributed by atoms with E-state index >= 15 is 0 Å². The summed E-state index contributed by atoms with van der Waals surface area (Å²) in [6.07, 6.45) is 3.01. The molecule has 0 fully saturated rings. The lowest BCUT2D eigenvalue weighted by Crippen LogP contribution is -2.25. The van der Waals surface area contributed by atoms with Gasteiger partial charge in [0.2, 0.25) is 0 Å². The van der Waals surface area contributed by atoms with Crippen LogP contribution in [-0.4, -0.2) is 35.1 Å². The van der Waals surface area contributed by atoms with Gasteiger partial charge in [-0.25, -0.2) is 9.78 Å².